The second-order valence-corrected chi connectivity index (χ2v) is 10.2. The largest absolute Gasteiger partial charge is 0.443 e. The smallest absolute Gasteiger partial charge is 0.414 e. The minimum Gasteiger partial charge on any atom is -0.443 e. The van der Waals surface area contributed by atoms with Gasteiger partial charge in [0.15, 0.2) is 0 Å². The maximum atomic E-state index is 14.8. The number of ether oxygens (including phenoxy) is 2. The van der Waals surface area contributed by atoms with E-state index in [0.717, 1.165) is 28.9 Å². The molecule has 2 aliphatic heterocycles. The molecule has 0 aromatic heterocycles. The van der Waals surface area contributed by atoms with Gasteiger partial charge in [-0.3, -0.25) is 4.90 Å². The molecule has 184 valence electrons. The number of nitrogens with zero attached hydrogens (tertiary/aromatic N) is 2. The van der Waals surface area contributed by atoms with Gasteiger partial charge in [-0.25, -0.2) is 13.6 Å². The lowest BCUT2D eigenvalue weighted by atomic mass is 9.90. The van der Waals surface area contributed by atoms with E-state index < -0.39 is 24.0 Å². The number of benzene rings is 2. The molecule has 34 heavy (non-hydrogen) atoms. The Morgan fingerprint density at radius 2 is 1.65 bits per heavy atom. The summed E-state index contributed by atoms with van der Waals surface area (Å²) in [5, 5.41) is 0. The van der Waals surface area contributed by atoms with Gasteiger partial charge in [0.1, 0.15) is 12.2 Å². The first-order valence-corrected chi connectivity index (χ1v) is 12.0. The van der Waals surface area contributed by atoms with Crippen molar-refractivity contribution in [3.63, 3.8) is 0 Å². The van der Waals surface area contributed by atoms with Gasteiger partial charge in [0.25, 0.3) is 5.92 Å². The van der Waals surface area contributed by atoms with Crippen molar-refractivity contribution in [3.8, 4) is 0 Å². The molecule has 2 heterocycles. The molecule has 1 saturated heterocycles. The van der Waals surface area contributed by atoms with Gasteiger partial charge in [0.05, 0.1) is 12.3 Å². The predicted molar refractivity (Wildman–Crippen MR) is 130 cm³/mol. The average molecular weight is 473 g/mol. The highest BCUT2D eigenvalue weighted by molar-refractivity contribution is 5.92. The number of halogens is 2. The topological polar surface area (TPSA) is 42.0 Å². The highest BCUT2D eigenvalue weighted by Crippen LogP contribution is 2.40. The van der Waals surface area contributed by atoms with Gasteiger partial charge in [-0.15, -0.1) is 0 Å². The average Bonchev–Trinajstić information content (AvgIpc) is 3.23. The lowest BCUT2D eigenvalue weighted by molar-refractivity contribution is -0.126. The second kappa shape index (κ2) is 9.90. The van der Waals surface area contributed by atoms with Gasteiger partial charge in [-0.1, -0.05) is 36.4 Å². The molecule has 1 amide bonds. The molecule has 2 aromatic rings. The number of hydrogen-bond acceptors (Lipinski definition) is 4. The van der Waals surface area contributed by atoms with Gasteiger partial charge < -0.3 is 14.4 Å². The lowest BCUT2D eigenvalue weighted by Crippen LogP contribution is -2.43. The summed E-state index contributed by atoms with van der Waals surface area (Å²) < 4.78 is 40.6. The van der Waals surface area contributed by atoms with Crippen LogP contribution in [0.25, 0.3) is 0 Å². The van der Waals surface area contributed by atoms with Crippen molar-refractivity contribution in [3.05, 3.63) is 59.7 Å². The minimum atomic E-state index is -2.85. The van der Waals surface area contributed by atoms with Gasteiger partial charge in [0.2, 0.25) is 0 Å². The Hall–Kier alpha value is -2.67. The standard InChI is InChI=1S/C27H34F2N2O3/c1-26(2,3)34-25(32)31-17-14-22-23(10-7-11-24(22)31)30-15-12-21(13-16-30)27(28,29)19-33-18-20-8-5-4-6-9-20/h4-11,21H,12-19H2,1-3H3. The molecule has 4 rings (SSSR count). The van der Waals surface area contributed by atoms with Crippen molar-refractivity contribution in [2.24, 2.45) is 5.92 Å². The minimum absolute atomic E-state index is 0.194. The molecule has 1 fully saturated rings. The van der Waals surface area contributed by atoms with Gasteiger partial charge in [-0.2, -0.15) is 0 Å². The van der Waals surface area contributed by atoms with E-state index in [0.29, 0.717) is 32.5 Å². The number of carbonyl (C=O) groups is 1. The number of carbonyl (C=O) groups excluding carboxylic acids is 1. The Labute approximate surface area is 200 Å². The number of fused-ring (bicyclic) bond motifs is 1. The maximum absolute atomic E-state index is 14.8. The number of rotatable bonds is 6. The van der Waals surface area contributed by atoms with E-state index in [1.54, 1.807) is 4.90 Å². The molecule has 2 aromatic carbocycles. The lowest BCUT2D eigenvalue weighted by Gasteiger charge is -2.37. The van der Waals surface area contributed by atoms with E-state index in [2.05, 4.69) is 4.90 Å². The summed E-state index contributed by atoms with van der Waals surface area (Å²) in [6.07, 6.45) is 1.19. The van der Waals surface area contributed by atoms with Gasteiger partial charge >= 0.3 is 6.09 Å². The first kappa shape index (κ1) is 24.5. The molecule has 0 spiro atoms. The van der Waals surface area contributed by atoms with E-state index >= 15 is 0 Å². The van der Waals surface area contributed by atoms with Gasteiger partial charge in [0, 0.05) is 36.8 Å². The molecule has 5 nitrogen and oxygen atoms in total. The molecule has 0 unspecified atom stereocenters. The highest BCUT2D eigenvalue weighted by atomic mass is 19.3. The Morgan fingerprint density at radius 1 is 0.971 bits per heavy atom. The summed E-state index contributed by atoms with van der Waals surface area (Å²) in [5.41, 5.74) is 3.31. The number of anilines is 2. The van der Waals surface area contributed by atoms with Crippen molar-refractivity contribution in [1.29, 1.82) is 0 Å². The van der Waals surface area contributed by atoms with Crippen molar-refractivity contribution >= 4 is 17.5 Å². The monoisotopic (exact) mass is 472 g/mol. The molecule has 0 N–H and O–H groups in total. The normalized spacial score (nSPS) is 17.1. The molecule has 0 aliphatic carbocycles. The summed E-state index contributed by atoms with van der Waals surface area (Å²) >= 11 is 0. The SMILES string of the molecule is CC(C)(C)OC(=O)N1CCc2c(N3CCC(C(F)(F)COCc4ccccc4)CC3)cccc21. The van der Waals surface area contributed by atoms with Crippen LogP contribution in [0.3, 0.4) is 0 Å². The molecular weight excluding hydrogens is 438 g/mol. The van der Waals surface area contributed by atoms with Crippen LogP contribution in [0.4, 0.5) is 25.0 Å². The number of amides is 1. The van der Waals surface area contributed by atoms with Crippen molar-refractivity contribution in [2.45, 2.75) is 58.2 Å². The van der Waals surface area contributed by atoms with E-state index in [-0.39, 0.29) is 12.7 Å². The van der Waals surface area contributed by atoms with Crippen LogP contribution in [0.2, 0.25) is 0 Å². The predicted octanol–water partition coefficient (Wildman–Crippen LogP) is 6.05. The zero-order valence-electron chi connectivity index (χ0n) is 20.2. The van der Waals surface area contributed by atoms with E-state index in [4.69, 9.17) is 9.47 Å². The highest BCUT2D eigenvalue weighted by Gasteiger charge is 2.42. The van der Waals surface area contributed by atoms with Crippen LogP contribution in [0.15, 0.2) is 48.5 Å². The molecule has 0 bridgehead atoms. The first-order valence-electron chi connectivity index (χ1n) is 12.0. The fraction of sp³-hybridized carbons (Fsp3) is 0.519. The van der Waals surface area contributed by atoms with Crippen molar-refractivity contribution < 1.29 is 23.0 Å². The van der Waals surface area contributed by atoms with Crippen LogP contribution in [-0.4, -0.2) is 43.9 Å². The molecular formula is C27H34F2N2O3. The number of piperidine rings is 1. The zero-order chi connectivity index (χ0) is 24.3. The summed E-state index contributed by atoms with van der Waals surface area (Å²) in [4.78, 5) is 16.5. The zero-order valence-corrected chi connectivity index (χ0v) is 20.2. The molecule has 0 atom stereocenters. The van der Waals surface area contributed by atoms with Gasteiger partial charge in [-0.05, 0) is 57.7 Å². The molecule has 7 heteroatoms. The van der Waals surface area contributed by atoms with Crippen LogP contribution in [-0.2, 0) is 22.5 Å². The van der Waals surface area contributed by atoms with Crippen LogP contribution in [0.1, 0.15) is 44.7 Å². The third-order valence-corrected chi connectivity index (χ3v) is 6.46. The second-order valence-electron chi connectivity index (χ2n) is 10.2. The third-order valence-electron chi connectivity index (χ3n) is 6.46. The van der Waals surface area contributed by atoms with Crippen LogP contribution in [0.5, 0.6) is 0 Å². The van der Waals surface area contributed by atoms with Crippen molar-refractivity contribution in [1.82, 2.24) is 0 Å². The Morgan fingerprint density at radius 3 is 2.32 bits per heavy atom. The Kier molecular flexibility index (Phi) is 7.12. The summed E-state index contributed by atoms with van der Waals surface area (Å²) in [7, 11) is 0. The number of alkyl halides is 2. The fourth-order valence-corrected chi connectivity index (χ4v) is 4.76. The first-order chi connectivity index (χ1) is 16.1. The van der Waals surface area contributed by atoms with E-state index in [1.807, 2.05) is 69.3 Å². The van der Waals surface area contributed by atoms with Crippen LogP contribution >= 0.6 is 0 Å². The number of hydrogen-bond donors (Lipinski definition) is 0. The van der Waals surface area contributed by atoms with E-state index in [9.17, 15) is 13.6 Å². The molecule has 0 saturated carbocycles. The Bertz CT molecular complexity index is 983. The summed E-state index contributed by atoms with van der Waals surface area (Å²) in [6.45, 7) is 6.87. The molecule has 2 aliphatic rings. The fourth-order valence-electron chi connectivity index (χ4n) is 4.76. The van der Waals surface area contributed by atoms with E-state index in [1.165, 1.54) is 0 Å². The Balaban J connectivity index is 1.35. The maximum Gasteiger partial charge on any atom is 0.414 e. The quantitative estimate of drug-likeness (QED) is 0.513. The van der Waals surface area contributed by atoms with Crippen LogP contribution in [0, 0.1) is 5.92 Å². The van der Waals surface area contributed by atoms with Crippen molar-refractivity contribution in [2.75, 3.05) is 36.0 Å². The molecule has 0 radical (unpaired) electrons. The summed E-state index contributed by atoms with van der Waals surface area (Å²) in [6, 6.07) is 15.3. The summed E-state index contributed by atoms with van der Waals surface area (Å²) in [5.74, 6) is -3.55. The third kappa shape index (κ3) is 5.69. The van der Waals surface area contributed by atoms with Crippen LogP contribution < -0.4 is 9.80 Å².